The molecule has 1 heterocycles. The molecule has 0 fully saturated rings. The summed E-state index contributed by atoms with van der Waals surface area (Å²) in [6.45, 7) is -0.196. The molecule has 18 heavy (non-hydrogen) atoms. The number of carboxylic acid groups (broad SMARTS) is 1. The highest BCUT2D eigenvalue weighted by Crippen LogP contribution is 2.10. The van der Waals surface area contributed by atoms with E-state index in [0.29, 0.717) is 6.07 Å². The summed E-state index contributed by atoms with van der Waals surface area (Å²) >= 11 is 0. The number of H-pyrrole nitrogens is 1. The second-order valence-corrected chi connectivity index (χ2v) is 3.64. The van der Waals surface area contributed by atoms with Crippen LogP contribution in [0.15, 0.2) is 29.1 Å². The number of halogens is 2. The minimum Gasteiger partial charge on any atom is -0.477 e. The Hall–Kier alpha value is -2.44. The van der Waals surface area contributed by atoms with Crippen LogP contribution in [0.3, 0.4) is 0 Å². The molecule has 0 aliphatic carbocycles. The molecule has 0 aliphatic rings. The van der Waals surface area contributed by atoms with Crippen LogP contribution in [0.25, 0.3) is 0 Å². The molecule has 2 N–H and O–H groups in total. The first-order valence-electron chi connectivity index (χ1n) is 4.94. The summed E-state index contributed by atoms with van der Waals surface area (Å²) in [6.07, 6.45) is 0. The zero-order valence-corrected chi connectivity index (χ0v) is 8.98. The zero-order chi connectivity index (χ0) is 13.3. The monoisotopic (exact) mass is 254 g/mol. The summed E-state index contributed by atoms with van der Waals surface area (Å²) in [6, 6.07) is 3.84. The van der Waals surface area contributed by atoms with Gasteiger partial charge in [0.15, 0.2) is 0 Å². The molecule has 0 aliphatic heterocycles. The fraction of sp³-hybridized carbons (Fsp3) is 0.0909. The lowest BCUT2D eigenvalue weighted by molar-refractivity contribution is 0.0689. The van der Waals surface area contributed by atoms with Crippen molar-refractivity contribution in [1.82, 2.24) is 9.78 Å². The topological polar surface area (TPSA) is 75.1 Å². The standard InChI is InChI=1S/C11H8F2N2O3/c12-7-2-1-6(8(13)3-7)5-15-10(16)4-9(14-15)11(17)18/h1-4,14H,5H2,(H,17,18). The van der Waals surface area contributed by atoms with E-state index in [1.165, 1.54) is 6.07 Å². The lowest BCUT2D eigenvalue weighted by Crippen LogP contribution is -2.17. The molecule has 1 aromatic heterocycles. The SMILES string of the molecule is O=C(O)c1cc(=O)n(Cc2ccc(F)cc2F)[nH]1. The van der Waals surface area contributed by atoms with E-state index < -0.39 is 23.2 Å². The van der Waals surface area contributed by atoms with Gasteiger partial charge in [-0.3, -0.25) is 9.89 Å². The van der Waals surface area contributed by atoms with E-state index >= 15 is 0 Å². The van der Waals surface area contributed by atoms with Gasteiger partial charge in [0.2, 0.25) is 0 Å². The third-order valence-electron chi connectivity index (χ3n) is 2.36. The van der Waals surface area contributed by atoms with Gasteiger partial charge < -0.3 is 5.11 Å². The average Bonchev–Trinajstić information content (AvgIpc) is 2.64. The largest absolute Gasteiger partial charge is 0.477 e. The quantitative estimate of drug-likeness (QED) is 0.864. The van der Waals surface area contributed by atoms with Crippen molar-refractivity contribution < 1.29 is 18.7 Å². The number of hydrogen-bond donors (Lipinski definition) is 2. The first kappa shape index (κ1) is 12.0. The Morgan fingerprint density at radius 3 is 2.61 bits per heavy atom. The smallest absolute Gasteiger partial charge is 0.353 e. The van der Waals surface area contributed by atoms with Gasteiger partial charge in [-0.15, -0.1) is 0 Å². The van der Waals surface area contributed by atoms with Crippen LogP contribution in [0.2, 0.25) is 0 Å². The normalized spacial score (nSPS) is 10.6. The van der Waals surface area contributed by atoms with Gasteiger partial charge in [-0.1, -0.05) is 6.07 Å². The molecule has 0 amide bonds. The fourth-order valence-electron chi connectivity index (χ4n) is 1.48. The van der Waals surface area contributed by atoms with E-state index in [9.17, 15) is 18.4 Å². The van der Waals surface area contributed by atoms with E-state index in [1.807, 2.05) is 0 Å². The third kappa shape index (κ3) is 2.29. The Balaban J connectivity index is 2.34. The van der Waals surface area contributed by atoms with Gasteiger partial charge in [0.25, 0.3) is 5.56 Å². The van der Waals surface area contributed by atoms with Crippen molar-refractivity contribution in [3.63, 3.8) is 0 Å². The Morgan fingerprint density at radius 1 is 1.33 bits per heavy atom. The predicted octanol–water partition coefficient (Wildman–Crippen LogP) is 1.20. The maximum absolute atomic E-state index is 13.3. The van der Waals surface area contributed by atoms with Crippen molar-refractivity contribution in [3.05, 3.63) is 57.5 Å². The number of carboxylic acids is 1. The van der Waals surface area contributed by atoms with Crippen LogP contribution in [-0.4, -0.2) is 20.9 Å². The third-order valence-corrected chi connectivity index (χ3v) is 2.36. The highest BCUT2D eigenvalue weighted by atomic mass is 19.1. The molecule has 2 aromatic rings. The minimum absolute atomic E-state index is 0.0808. The first-order chi connectivity index (χ1) is 8.47. The van der Waals surface area contributed by atoms with Crippen LogP contribution in [0.5, 0.6) is 0 Å². The lowest BCUT2D eigenvalue weighted by atomic mass is 10.2. The van der Waals surface area contributed by atoms with Crippen molar-refractivity contribution in [2.45, 2.75) is 6.54 Å². The maximum Gasteiger partial charge on any atom is 0.353 e. The van der Waals surface area contributed by atoms with E-state index in [2.05, 4.69) is 5.10 Å². The van der Waals surface area contributed by atoms with Gasteiger partial charge in [-0.05, 0) is 6.07 Å². The number of aromatic carboxylic acids is 1. The van der Waals surface area contributed by atoms with Crippen molar-refractivity contribution in [2.75, 3.05) is 0 Å². The fourth-order valence-corrected chi connectivity index (χ4v) is 1.48. The molecule has 0 bridgehead atoms. The van der Waals surface area contributed by atoms with Crippen LogP contribution < -0.4 is 5.56 Å². The van der Waals surface area contributed by atoms with Crippen molar-refractivity contribution >= 4 is 5.97 Å². The summed E-state index contributed by atoms with van der Waals surface area (Å²) in [5, 5.41) is 11.0. The highest BCUT2D eigenvalue weighted by molar-refractivity contribution is 5.84. The van der Waals surface area contributed by atoms with E-state index in [1.54, 1.807) is 0 Å². The lowest BCUT2D eigenvalue weighted by Gasteiger charge is -2.03. The Kier molecular flexibility index (Phi) is 2.97. The van der Waals surface area contributed by atoms with Crippen LogP contribution in [0, 0.1) is 11.6 Å². The van der Waals surface area contributed by atoms with Crippen LogP contribution in [0.4, 0.5) is 8.78 Å². The van der Waals surface area contributed by atoms with Gasteiger partial charge in [-0.2, -0.15) is 0 Å². The van der Waals surface area contributed by atoms with Crippen LogP contribution in [0.1, 0.15) is 16.1 Å². The van der Waals surface area contributed by atoms with Gasteiger partial charge in [-0.25, -0.2) is 18.3 Å². The predicted molar refractivity (Wildman–Crippen MR) is 57.5 cm³/mol. The molecule has 94 valence electrons. The number of aromatic nitrogens is 2. The molecule has 0 atom stereocenters. The number of benzene rings is 1. The molecule has 2 rings (SSSR count). The summed E-state index contributed by atoms with van der Waals surface area (Å²) in [5.41, 5.74) is -0.809. The number of rotatable bonds is 3. The number of hydrogen-bond acceptors (Lipinski definition) is 2. The average molecular weight is 254 g/mol. The Morgan fingerprint density at radius 2 is 2.06 bits per heavy atom. The second-order valence-electron chi connectivity index (χ2n) is 3.64. The second kappa shape index (κ2) is 4.44. The number of aromatic amines is 1. The van der Waals surface area contributed by atoms with Crippen LogP contribution in [-0.2, 0) is 6.54 Å². The minimum atomic E-state index is -1.29. The molecule has 1 aromatic carbocycles. The van der Waals surface area contributed by atoms with E-state index in [-0.39, 0.29) is 17.8 Å². The highest BCUT2D eigenvalue weighted by Gasteiger charge is 2.11. The number of nitrogens with one attached hydrogen (secondary N) is 1. The molecular weight excluding hydrogens is 246 g/mol. The summed E-state index contributed by atoms with van der Waals surface area (Å²) in [4.78, 5) is 22.0. The number of carbonyl (C=O) groups is 1. The Labute approximate surface area is 99.3 Å². The molecular formula is C11H8F2N2O3. The van der Waals surface area contributed by atoms with Crippen LogP contribution >= 0.6 is 0 Å². The summed E-state index contributed by atoms with van der Waals surface area (Å²) in [7, 11) is 0. The van der Waals surface area contributed by atoms with Gasteiger partial charge in [0.05, 0.1) is 6.54 Å². The van der Waals surface area contributed by atoms with Crippen molar-refractivity contribution in [3.8, 4) is 0 Å². The Bertz CT molecular complexity index is 661. The molecule has 0 unspecified atom stereocenters. The van der Waals surface area contributed by atoms with E-state index in [0.717, 1.165) is 16.8 Å². The zero-order valence-electron chi connectivity index (χ0n) is 8.98. The van der Waals surface area contributed by atoms with Gasteiger partial charge in [0, 0.05) is 17.7 Å². The molecule has 0 saturated carbocycles. The molecule has 7 heteroatoms. The van der Waals surface area contributed by atoms with Gasteiger partial charge in [0.1, 0.15) is 17.3 Å². The van der Waals surface area contributed by atoms with Gasteiger partial charge >= 0.3 is 5.97 Å². The number of nitrogens with zero attached hydrogens (tertiary/aromatic N) is 1. The van der Waals surface area contributed by atoms with E-state index in [4.69, 9.17) is 5.11 Å². The molecule has 5 nitrogen and oxygen atoms in total. The maximum atomic E-state index is 13.3. The summed E-state index contributed by atoms with van der Waals surface area (Å²) < 4.78 is 27.0. The molecule has 0 spiro atoms. The van der Waals surface area contributed by atoms with Crippen molar-refractivity contribution in [1.29, 1.82) is 0 Å². The first-order valence-corrected chi connectivity index (χ1v) is 4.94. The molecule has 0 saturated heterocycles. The molecule has 0 radical (unpaired) electrons. The summed E-state index contributed by atoms with van der Waals surface area (Å²) in [5.74, 6) is -2.81. The van der Waals surface area contributed by atoms with Crippen molar-refractivity contribution in [2.24, 2.45) is 0 Å².